The summed E-state index contributed by atoms with van der Waals surface area (Å²) < 4.78 is 7.35. The van der Waals surface area contributed by atoms with Crippen LogP contribution in [0.2, 0.25) is 0 Å². The predicted molar refractivity (Wildman–Crippen MR) is 218 cm³/mol. The first kappa shape index (κ1) is 35.5. The first-order valence-electron chi connectivity index (χ1n) is 13.8. The van der Waals surface area contributed by atoms with E-state index in [4.69, 9.17) is 9.97 Å². The van der Waals surface area contributed by atoms with Gasteiger partial charge in [-0.3, -0.25) is 0 Å². The van der Waals surface area contributed by atoms with Gasteiger partial charge in [-0.05, 0) is 167 Å². The van der Waals surface area contributed by atoms with Crippen LogP contribution in [0.25, 0.3) is 51.1 Å². The SMILES string of the molecule is CC(C)=c1c2nc(c(C(C)C)c3[nH]c(c(Br)c3Br)c(=C(C)C)c3[nH]c(c(Br)c3Br)c(C(C)C)c3nc1C(Br)=C3Br)C(Br)=C2Br. The quantitative estimate of drug-likeness (QED) is 0.269. The Hall–Kier alpha value is 0.180. The molecule has 0 spiro atoms. The molecule has 0 atom stereocenters. The van der Waals surface area contributed by atoms with Gasteiger partial charge >= 0.3 is 0 Å². The molecule has 3 aromatic heterocycles. The molecule has 0 aliphatic carbocycles. The monoisotopic (exact) mass is 1100 g/mol. The first-order valence-corrected chi connectivity index (χ1v) is 20.1. The summed E-state index contributed by atoms with van der Waals surface area (Å²) in [5, 5.41) is 2.02. The maximum absolute atomic E-state index is 5.34. The Morgan fingerprint density at radius 3 is 1.05 bits per heavy atom. The summed E-state index contributed by atoms with van der Waals surface area (Å²) >= 11 is 31.4. The summed E-state index contributed by atoms with van der Waals surface area (Å²) in [5.74, 6) is 0.288. The van der Waals surface area contributed by atoms with Crippen molar-refractivity contribution in [1.29, 1.82) is 0 Å². The molecule has 232 valence electrons. The van der Waals surface area contributed by atoms with Gasteiger partial charge in [0.15, 0.2) is 0 Å². The summed E-state index contributed by atoms with van der Waals surface area (Å²) in [5.41, 5.74) is 11.7. The fraction of sp³-hybridized carbons (Fsp3) is 0.312. The topological polar surface area (TPSA) is 57.4 Å². The number of nitrogens with zero attached hydrogens (tertiary/aromatic N) is 2. The zero-order chi connectivity index (χ0) is 32.7. The molecule has 5 rings (SSSR count). The third-order valence-corrected chi connectivity index (χ3v) is 16.0. The fourth-order valence-electron chi connectivity index (χ4n) is 5.72. The third-order valence-electron chi connectivity index (χ3n) is 7.60. The molecular formula is C32H28Br8N4. The Labute approximate surface area is 324 Å². The average Bonchev–Trinajstić information content (AvgIpc) is 3.58. The number of rotatable bonds is 2. The lowest BCUT2D eigenvalue weighted by Crippen LogP contribution is -2.14. The van der Waals surface area contributed by atoms with E-state index in [1.54, 1.807) is 0 Å². The molecule has 0 radical (unpaired) electrons. The van der Waals surface area contributed by atoms with Crippen molar-refractivity contribution < 1.29 is 0 Å². The van der Waals surface area contributed by atoms with Gasteiger partial charge in [0.25, 0.3) is 0 Å². The van der Waals surface area contributed by atoms with E-state index in [0.29, 0.717) is 0 Å². The average molecular weight is 1110 g/mol. The maximum Gasteiger partial charge on any atom is 0.0885 e. The van der Waals surface area contributed by atoms with Gasteiger partial charge in [0, 0.05) is 21.6 Å². The van der Waals surface area contributed by atoms with E-state index in [2.05, 4.69) is 193 Å². The molecule has 2 N–H and O–H groups in total. The van der Waals surface area contributed by atoms with Crippen LogP contribution < -0.4 is 10.4 Å². The lowest BCUT2D eigenvalue weighted by molar-refractivity contribution is 0.863. The van der Waals surface area contributed by atoms with Crippen molar-refractivity contribution in [2.45, 2.75) is 67.2 Å². The van der Waals surface area contributed by atoms with Crippen molar-refractivity contribution in [3.63, 3.8) is 0 Å². The van der Waals surface area contributed by atoms with E-state index in [9.17, 15) is 0 Å². The molecule has 4 nitrogen and oxygen atoms in total. The molecule has 0 saturated heterocycles. The van der Waals surface area contributed by atoms with Crippen LogP contribution in [-0.2, 0) is 0 Å². The molecule has 0 unspecified atom stereocenters. The number of nitrogens with one attached hydrogen (secondary N) is 2. The van der Waals surface area contributed by atoms with E-state index in [0.717, 1.165) is 113 Å². The minimum Gasteiger partial charge on any atom is -0.353 e. The summed E-state index contributed by atoms with van der Waals surface area (Å²) in [6.45, 7) is 17.3. The van der Waals surface area contributed by atoms with Crippen molar-refractivity contribution in [2.24, 2.45) is 0 Å². The highest BCUT2D eigenvalue weighted by Gasteiger charge is 2.29. The van der Waals surface area contributed by atoms with Gasteiger partial charge in [-0.2, -0.15) is 0 Å². The van der Waals surface area contributed by atoms with E-state index in [-0.39, 0.29) is 11.8 Å². The second kappa shape index (κ2) is 13.2. The number of fused-ring (bicyclic) bond motifs is 8. The molecule has 0 amide bonds. The van der Waals surface area contributed by atoms with Gasteiger partial charge in [0.2, 0.25) is 0 Å². The van der Waals surface area contributed by atoms with Crippen molar-refractivity contribution in [1.82, 2.24) is 19.9 Å². The number of aromatic amines is 2. The molecule has 5 heterocycles. The van der Waals surface area contributed by atoms with Gasteiger partial charge in [0.1, 0.15) is 0 Å². The van der Waals surface area contributed by atoms with Crippen molar-refractivity contribution in [3.8, 4) is 0 Å². The number of aromatic nitrogens is 4. The molecule has 0 fully saturated rings. The van der Waals surface area contributed by atoms with Crippen LogP contribution in [0.5, 0.6) is 0 Å². The Kier molecular flexibility index (Phi) is 10.7. The van der Waals surface area contributed by atoms with Crippen LogP contribution in [0.3, 0.4) is 0 Å². The first-order chi connectivity index (χ1) is 20.5. The number of halogens is 8. The van der Waals surface area contributed by atoms with Crippen LogP contribution in [0.15, 0.2) is 17.9 Å². The van der Waals surface area contributed by atoms with E-state index >= 15 is 0 Å². The lowest BCUT2D eigenvalue weighted by Gasteiger charge is -2.09. The smallest absolute Gasteiger partial charge is 0.0885 e. The minimum absolute atomic E-state index is 0.144. The summed E-state index contributed by atoms with van der Waals surface area (Å²) in [6.07, 6.45) is 0. The lowest BCUT2D eigenvalue weighted by atomic mass is 10.0. The Balaban J connectivity index is 2.31. The van der Waals surface area contributed by atoms with Crippen LogP contribution >= 0.6 is 127 Å². The Morgan fingerprint density at radius 1 is 0.455 bits per heavy atom. The highest BCUT2D eigenvalue weighted by Crippen LogP contribution is 2.46. The molecule has 8 bridgehead atoms. The highest BCUT2D eigenvalue weighted by molar-refractivity contribution is 9.18. The molecule has 0 saturated carbocycles. The predicted octanol–water partition coefficient (Wildman–Crippen LogP) is 13.2. The van der Waals surface area contributed by atoms with E-state index in [1.807, 2.05) is 0 Å². The standard InChI is InChI=1S/C32H28Br8N4/c1-9(2)13-25-17(33)19(35)27(41-25)14(10(3)4)29-21(37)23(39)31(43-29)16(12(7)8)32-24(40)22(38)30(44-32)15(11(5)6)28-20(36)18(34)26(13)42-28/h9,12,41,43H,1-8H3. The van der Waals surface area contributed by atoms with E-state index < -0.39 is 0 Å². The van der Waals surface area contributed by atoms with E-state index in [1.165, 1.54) is 0 Å². The fourth-order valence-corrected chi connectivity index (χ4v) is 9.66. The van der Waals surface area contributed by atoms with Crippen molar-refractivity contribution in [3.05, 3.63) is 62.2 Å². The number of hydrogen-bond donors (Lipinski definition) is 2. The summed E-state index contributed by atoms with van der Waals surface area (Å²) in [7, 11) is 0. The van der Waals surface area contributed by atoms with Crippen LogP contribution in [0.1, 0.15) is 101 Å². The minimum atomic E-state index is 0.144. The third kappa shape index (κ3) is 5.68. The van der Waals surface area contributed by atoms with Crippen molar-refractivity contribution >= 4 is 179 Å². The molecule has 44 heavy (non-hydrogen) atoms. The molecular weight excluding hydrogens is 1080 g/mol. The van der Waals surface area contributed by atoms with Gasteiger partial charge in [-0.25, -0.2) is 9.97 Å². The normalized spacial score (nSPS) is 13.7. The van der Waals surface area contributed by atoms with Gasteiger partial charge in [-0.15, -0.1) is 0 Å². The van der Waals surface area contributed by atoms with Gasteiger partial charge < -0.3 is 9.97 Å². The summed E-state index contributed by atoms with van der Waals surface area (Å²) in [4.78, 5) is 18.3. The van der Waals surface area contributed by atoms with Crippen LogP contribution in [0, 0.1) is 0 Å². The molecule has 2 aliphatic heterocycles. The molecule has 3 aromatic rings. The molecule has 0 aromatic carbocycles. The zero-order valence-electron chi connectivity index (χ0n) is 25.1. The van der Waals surface area contributed by atoms with Crippen molar-refractivity contribution in [2.75, 3.05) is 0 Å². The zero-order valence-corrected chi connectivity index (χ0v) is 37.8. The second-order valence-corrected chi connectivity index (χ2v) is 18.1. The number of hydrogen-bond acceptors (Lipinski definition) is 2. The molecule has 12 heteroatoms. The molecule has 2 aliphatic rings. The van der Waals surface area contributed by atoms with Crippen LogP contribution in [0.4, 0.5) is 0 Å². The Morgan fingerprint density at radius 2 is 0.750 bits per heavy atom. The Bertz CT molecular complexity index is 2000. The summed E-state index contributed by atoms with van der Waals surface area (Å²) in [6, 6.07) is 0. The van der Waals surface area contributed by atoms with Gasteiger partial charge in [-0.1, -0.05) is 38.8 Å². The van der Waals surface area contributed by atoms with Crippen LogP contribution in [-0.4, -0.2) is 19.9 Å². The van der Waals surface area contributed by atoms with Gasteiger partial charge in [0.05, 0.1) is 80.7 Å². The largest absolute Gasteiger partial charge is 0.353 e. The second-order valence-electron chi connectivity index (χ2n) is 11.8. The number of H-pyrrole nitrogens is 2. The highest BCUT2D eigenvalue weighted by atomic mass is 79.9. The maximum atomic E-state index is 5.34.